The van der Waals surface area contributed by atoms with Gasteiger partial charge in [-0.25, -0.2) is 4.68 Å². The van der Waals surface area contributed by atoms with E-state index in [0.717, 1.165) is 36.6 Å². The van der Waals surface area contributed by atoms with E-state index >= 15 is 0 Å². The fourth-order valence-electron chi connectivity index (χ4n) is 3.45. The largest absolute Gasteiger partial charge is 0.455 e. The quantitative estimate of drug-likeness (QED) is 0.673. The molecule has 2 aromatic heterocycles. The SMILES string of the molecule is CN(Cc1ccc(-n2cccn2)cc1)C(=O)c1ccc(CN2CCCC2)o1. The number of benzene rings is 1. The van der Waals surface area contributed by atoms with Crippen LogP contribution < -0.4 is 0 Å². The van der Waals surface area contributed by atoms with Crippen molar-refractivity contribution in [2.75, 3.05) is 20.1 Å². The van der Waals surface area contributed by atoms with Gasteiger partial charge >= 0.3 is 0 Å². The van der Waals surface area contributed by atoms with Gasteiger partial charge in [-0.3, -0.25) is 9.69 Å². The molecule has 6 nitrogen and oxygen atoms in total. The van der Waals surface area contributed by atoms with Crippen LogP contribution in [0.3, 0.4) is 0 Å². The number of hydrogen-bond acceptors (Lipinski definition) is 4. The molecule has 1 aliphatic rings. The Hall–Kier alpha value is -2.86. The Kier molecular flexibility index (Phi) is 5.07. The molecule has 0 atom stereocenters. The van der Waals surface area contributed by atoms with Crippen molar-refractivity contribution in [3.63, 3.8) is 0 Å². The molecular weight excluding hydrogens is 340 g/mol. The minimum Gasteiger partial charge on any atom is -0.455 e. The van der Waals surface area contributed by atoms with E-state index in [4.69, 9.17) is 4.42 Å². The molecule has 1 aromatic carbocycles. The Balaban J connectivity index is 1.37. The highest BCUT2D eigenvalue weighted by Crippen LogP contribution is 2.17. The van der Waals surface area contributed by atoms with Gasteiger partial charge in [0.1, 0.15) is 5.76 Å². The number of rotatable bonds is 6. The van der Waals surface area contributed by atoms with E-state index in [1.165, 1.54) is 12.8 Å². The Bertz CT molecular complexity index is 877. The first-order valence-corrected chi connectivity index (χ1v) is 9.34. The average molecular weight is 364 g/mol. The van der Waals surface area contributed by atoms with Crippen molar-refractivity contribution in [1.82, 2.24) is 19.6 Å². The van der Waals surface area contributed by atoms with E-state index in [9.17, 15) is 4.79 Å². The third-order valence-corrected chi connectivity index (χ3v) is 4.92. The summed E-state index contributed by atoms with van der Waals surface area (Å²) in [7, 11) is 1.80. The zero-order chi connectivity index (χ0) is 18.6. The highest BCUT2D eigenvalue weighted by Gasteiger charge is 2.18. The van der Waals surface area contributed by atoms with Crippen LogP contribution in [0, 0.1) is 0 Å². The molecule has 1 saturated heterocycles. The maximum atomic E-state index is 12.7. The summed E-state index contributed by atoms with van der Waals surface area (Å²) < 4.78 is 7.60. The summed E-state index contributed by atoms with van der Waals surface area (Å²) in [6.45, 7) is 3.53. The van der Waals surface area contributed by atoms with Crippen LogP contribution in [0.25, 0.3) is 5.69 Å². The standard InChI is InChI=1S/C21H24N4O2/c1-23(15-17-5-7-18(8-6-17)25-14-4-11-22-25)21(26)20-10-9-19(27-20)16-24-12-2-3-13-24/h4-11,14H,2-3,12-13,15-16H2,1H3. The van der Waals surface area contributed by atoms with Crippen molar-refractivity contribution < 1.29 is 9.21 Å². The van der Waals surface area contributed by atoms with E-state index in [1.807, 2.05) is 47.3 Å². The third-order valence-electron chi connectivity index (χ3n) is 4.92. The first-order chi connectivity index (χ1) is 13.2. The molecule has 1 aliphatic heterocycles. The second-order valence-corrected chi connectivity index (χ2v) is 7.03. The number of nitrogens with zero attached hydrogens (tertiary/aromatic N) is 4. The highest BCUT2D eigenvalue weighted by atomic mass is 16.4. The van der Waals surface area contributed by atoms with Crippen LogP contribution in [-0.4, -0.2) is 45.6 Å². The molecular formula is C21H24N4O2. The summed E-state index contributed by atoms with van der Waals surface area (Å²) in [5.41, 5.74) is 2.06. The van der Waals surface area contributed by atoms with Crippen molar-refractivity contribution in [2.45, 2.75) is 25.9 Å². The molecule has 3 heterocycles. The smallest absolute Gasteiger partial charge is 0.289 e. The zero-order valence-corrected chi connectivity index (χ0v) is 15.5. The number of carbonyl (C=O) groups excluding carboxylic acids is 1. The minimum absolute atomic E-state index is 0.0983. The molecule has 1 fully saturated rings. The lowest BCUT2D eigenvalue weighted by Gasteiger charge is -2.16. The highest BCUT2D eigenvalue weighted by molar-refractivity contribution is 5.91. The molecule has 3 aromatic rings. The van der Waals surface area contributed by atoms with Crippen LogP contribution >= 0.6 is 0 Å². The first kappa shape index (κ1) is 17.5. The number of aromatic nitrogens is 2. The number of hydrogen-bond donors (Lipinski definition) is 0. The molecule has 0 N–H and O–H groups in total. The van der Waals surface area contributed by atoms with Gasteiger partial charge in [0.25, 0.3) is 5.91 Å². The molecule has 0 saturated carbocycles. The van der Waals surface area contributed by atoms with Crippen LogP contribution in [0.5, 0.6) is 0 Å². The summed E-state index contributed by atoms with van der Waals surface area (Å²) >= 11 is 0. The van der Waals surface area contributed by atoms with Crippen LogP contribution in [-0.2, 0) is 13.1 Å². The van der Waals surface area contributed by atoms with Gasteiger partial charge in [0, 0.05) is 26.0 Å². The van der Waals surface area contributed by atoms with E-state index in [0.29, 0.717) is 12.3 Å². The summed E-state index contributed by atoms with van der Waals surface area (Å²) in [5, 5.41) is 4.22. The fourth-order valence-corrected chi connectivity index (χ4v) is 3.45. The lowest BCUT2D eigenvalue weighted by atomic mass is 10.2. The topological polar surface area (TPSA) is 54.5 Å². The number of furan rings is 1. The van der Waals surface area contributed by atoms with Gasteiger partial charge in [-0.05, 0) is 61.8 Å². The van der Waals surface area contributed by atoms with Crippen LogP contribution in [0.1, 0.15) is 34.7 Å². The number of carbonyl (C=O) groups is 1. The maximum Gasteiger partial charge on any atom is 0.289 e. The lowest BCUT2D eigenvalue weighted by Crippen LogP contribution is -2.25. The van der Waals surface area contributed by atoms with E-state index in [2.05, 4.69) is 10.00 Å². The van der Waals surface area contributed by atoms with Crippen LogP contribution in [0.4, 0.5) is 0 Å². The Morgan fingerprint density at radius 3 is 2.63 bits per heavy atom. The van der Waals surface area contributed by atoms with Crippen molar-refractivity contribution in [2.24, 2.45) is 0 Å². The normalized spacial score (nSPS) is 14.6. The number of likely N-dealkylation sites (tertiary alicyclic amines) is 1. The number of amides is 1. The van der Waals surface area contributed by atoms with Gasteiger partial charge < -0.3 is 9.32 Å². The zero-order valence-electron chi connectivity index (χ0n) is 15.5. The fraction of sp³-hybridized carbons (Fsp3) is 0.333. The predicted octanol–water partition coefficient (Wildman–Crippen LogP) is 3.33. The molecule has 1 amide bonds. The van der Waals surface area contributed by atoms with Crippen LogP contribution in [0.2, 0.25) is 0 Å². The van der Waals surface area contributed by atoms with Crippen molar-refractivity contribution in [3.8, 4) is 5.69 Å². The van der Waals surface area contributed by atoms with Crippen LogP contribution in [0.15, 0.2) is 59.3 Å². The maximum absolute atomic E-state index is 12.7. The molecule has 4 rings (SSSR count). The van der Waals surface area contributed by atoms with Gasteiger partial charge in [-0.15, -0.1) is 0 Å². The summed E-state index contributed by atoms with van der Waals surface area (Å²) in [5.74, 6) is 1.16. The third kappa shape index (κ3) is 4.11. The molecule has 140 valence electrons. The summed E-state index contributed by atoms with van der Waals surface area (Å²) in [6.07, 6.45) is 6.14. The van der Waals surface area contributed by atoms with Crippen molar-refractivity contribution in [1.29, 1.82) is 0 Å². The second-order valence-electron chi connectivity index (χ2n) is 7.03. The van der Waals surface area contributed by atoms with Gasteiger partial charge in [0.2, 0.25) is 0 Å². The predicted molar refractivity (Wildman–Crippen MR) is 103 cm³/mol. The van der Waals surface area contributed by atoms with Gasteiger partial charge in [0.05, 0.1) is 12.2 Å². The molecule has 0 bridgehead atoms. The van der Waals surface area contributed by atoms with E-state index < -0.39 is 0 Å². The van der Waals surface area contributed by atoms with Gasteiger partial charge in [-0.2, -0.15) is 5.10 Å². The summed E-state index contributed by atoms with van der Waals surface area (Å²) in [4.78, 5) is 16.7. The Morgan fingerprint density at radius 1 is 1.15 bits per heavy atom. The molecule has 27 heavy (non-hydrogen) atoms. The molecule has 0 radical (unpaired) electrons. The second kappa shape index (κ2) is 7.80. The van der Waals surface area contributed by atoms with Gasteiger partial charge in [-0.1, -0.05) is 12.1 Å². The van der Waals surface area contributed by atoms with E-state index in [1.54, 1.807) is 24.2 Å². The van der Waals surface area contributed by atoms with E-state index in [-0.39, 0.29) is 5.91 Å². The minimum atomic E-state index is -0.0983. The molecule has 0 spiro atoms. The first-order valence-electron chi connectivity index (χ1n) is 9.34. The van der Waals surface area contributed by atoms with Crippen molar-refractivity contribution >= 4 is 5.91 Å². The van der Waals surface area contributed by atoms with Gasteiger partial charge in [0.15, 0.2) is 5.76 Å². The molecule has 0 unspecified atom stereocenters. The lowest BCUT2D eigenvalue weighted by molar-refractivity contribution is 0.0750. The Morgan fingerprint density at radius 2 is 1.93 bits per heavy atom. The average Bonchev–Trinajstić information content (AvgIpc) is 3.45. The van der Waals surface area contributed by atoms with Crippen molar-refractivity contribution in [3.05, 3.63) is 71.9 Å². The monoisotopic (exact) mass is 364 g/mol. The molecule has 6 heteroatoms. The Labute approximate surface area is 159 Å². The molecule has 0 aliphatic carbocycles. The summed E-state index contributed by atoms with van der Waals surface area (Å²) in [6, 6.07) is 13.6.